The molecule has 1 N–H and O–H groups in total. The van der Waals surface area contributed by atoms with E-state index in [2.05, 4.69) is 36.8 Å². The van der Waals surface area contributed by atoms with Crippen LogP contribution in [-0.2, 0) is 22.6 Å². The van der Waals surface area contributed by atoms with Gasteiger partial charge in [-0.2, -0.15) is 0 Å². The number of methoxy groups -OCH3 is 1. The zero-order valence-electron chi connectivity index (χ0n) is 36.7. The molecule has 3 aromatic carbocycles. The van der Waals surface area contributed by atoms with Crippen LogP contribution in [0.3, 0.4) is 0 Å². The lowest BCUT2D eigenvalue weighted by atomic mass is 9.92. The summed E-state index contributed by atoms with van der Waals surface area (Å²) >= 11 is 15.9. The molecule has 14 nitrogen and oxygen atoms in total. The van der Waals surface area contributed by atoms with E-state index in [0.717, 1.165) is 26.2 Å². The minimum Gasteiger partial charge on any atom is -0.490 e. The number of ether oxygens (including phenoxy) is 5. The van der Waals surface area contributed by atoms with Crippen molar-refractivity contribution in [2.75, 3.05) is 78.1 Å². The molecule has 0 spiro atoms. The molecule has 7 heterocycles. The molecule has 2 fully saturated rings. The first kappa shape index (κ1) is 45.7. The third-order valence-electron chi connectivity index (χ3n) is 12.1. The smallest absolute Gasteiger partial charge is 0.345 e. The van der Waals surface area contributed by atoms with E-state index in [4.69, 9.17) is 46.9 Å². The molecule has 0 radical (unpaired) electrons. The number of carboxylic acid groups (broad SMARTS) is 1. The van der Waals surface area contributed by atoms with Crippen molar-refractivity contribution >= 4 is 56.7 Å². The molecule has 3 aromatic heterocycles. The van der Waals surface area contributed by atoms with Crippen LogP contribution in [0.1, 0.15) is 22.4 Å². The summed E-state index contributed by atoms with van der Waals surface area (Å²) in [5.41, 5.74) is 2.71. The van der Waals surface area contributed by atoms with Gasteiger partial charge in [0.1, 0.15) is 47.8 Å². The highest BCUT2D eigenvalue weighted by Gasteiger charge is 2.45. The van der Waals surface area contributed by atoms with E-state index in [0.29, 0.717) is 83.9 Å². The Morgan fingerprint density at radius 2 is 1.73 bits per heavy atom. The number of hydrogen-bond donors (Lipinski definition) is 1. The van der Waals surface area contributed by atoms with Crippen LogP contribution in [0.5, 0.6) is 23.1 Å². The first-order valence-electron chi connectivity index (χ1n) is 21.4. The van der Waals surface area contributed by atoms with Crippen molar-refractivity contribution in [3.8, 4) is 44.7 Å². The number of hydrogen-bond acceptors (Lipinski definition) is 14. The number of nitrogens with zero attached hydrogens (tertiary/aromatic N) is 7. The third-order valence-corrected chi connectivity index (χ3v) is 14.1. The molecular weight excluding hydrogens is 916 g/mol. The number of aliphatic carboxylic acids is 1. The molecule has 0 amide bonds. The van der Waals surface area contributed by atoms with E-state index >= 15 is 0 Å². The van der Waals surface area contributed by atoms with Crippen molar-refractivity contribution in [1.82, 2.24) is 29.7 Å². The number of alkyl halides is 1. The molecule has 2 saturated heterocycles. The standard InChI is InChI=1S/C47H47Cl2F2N7O7S/c1-26-36-27(2)40(49)41(39(26)48)64-33(19-57-15-13-56(3)14-16-57)21-62-32-9-10-34(63-20-31-11-12-52-46(55-31)58-22-47(51,23-58)24-61-4)29(17-32)18-35(45(59)60)65-43-38-37(36)42(66-44(38)54-25-53-43)28-5-7-30(50)8-6-28/h5-12,17,25,33,35H,13-16,18-24H2,1-4H3,(H,59,60)/t33-,35-/m1/s1. The number of rotatable bonds is 10. The number of anilines is 1. The first-order chi connectivity index (χ1) is 31.8. The van der Waals surface area contributed by atoms with Crippen LogP contribution in [-0.4, -0.2) is 132 Å². The van der Waals surface area contributed by atoms with Crippen molar-refractivity contribution in [2.24, 2.45) is 0 Å². The van der Waals surface area contributed by atoms with Gasteiger partial charge in [-0.1, -0.05) is 35.3 Å². The lowest BCUT2D eigenvalue weighted by molar-refractivity contribution is -0.145. The quantitative estimate of drug-likeness (QED) is 0.141. The van der Waals surface area contributed by atoms with Gasteiger partial charge in [0.05, 0.1) is 40.8 Å². The maximum Gasteiger partial charge on any atom is 0.345 e. The lowest BCUT2D eigenvalue weighted by Crippen LogP contribution is -2.62. The van der Waals surface area contributed by atoms with Gasteiger partial charge in [0.25, 0.3) is 0 Å². The minimum absolute atomic E-state index is 0.00659. The number of aromatic nitrogens is 4. The SMILES string of the molecule is COCC1(F)CN(c2nccc(COc3ccc4cc3C[C@H](C(=O)O)Oc3ncnc5sc(-c6ccc(F)cc6)c(c35)-c3c(C)c(Cl)c(c(Cl)c3C)O[C@H](CN3CCN(C)CC3)CO4)n2)C1. The summed E-state index contributed by atoms with van der Waals surface area (Å²) in [6.07, 6.45) is 0.678. The Bertz CT molecular complexity index is 2740. The van der Waals surface area contributed by atoms with Gasteiger partial charge >= 0.3 is 5.97 Å². The van der Waals surface area contributed by atoms with Gasteiger partial charge in [-0.3, -0.25) is 4.90 Å². The number of benzene rings is 3. The second-order valence-electron chi connectivity index (χ2n) is 16.9. The predicted molar refractivity (Wildman–Crippen MR) is 248 cm³/mol. The summed E-state index contributed by atoms with van der Waals surface area (Å²) in [4.78, 5) is 38.9. The normalized spacial score (nSPS) is 18.8. The van der Waals surface area contributed by atoms with Crippen LogP contribution >= 0.6 is 34.5 Å². The van der Waals surface area contributed by atoms with Crippen molar-refractivity contribution in [1.29, 1.82) is 0 Å². The van der Waals surface area contributed by atoms with Gasteiger partial charge in [-0.15, -0.1) is 11.3 Å². The summed E-state index contributed by atoms with van der Waals surface area (Å²) in [6.45, 7) is 7.90. The monoisotopic (exact) mass is 961 g/mol. The van der Waals surface area contributed by atoms with Crippen LogP contribution in [0.4, 0.5) is 14.7 Å². The zero-order chi connectivity index (χ0) is 46.3. The van der Waals surface area contributed by atoms with Crippen LogP contribution in [0.15, 0.2) is 61.1 Å². The number of piperazine rings is 1. The molecule has 19 heteroatoms. The fourth-order valence-corrected chi connectivity index (χ4v) is 10.3. The van der Waals surface area contributed by atoms with E-state index in [1.54, 1.807) is 47.5 Å². The summed E-state index contributed by atoms with van der Waals surface area (Å²) in [5, 5.41) is 11.8. The Balaban J connectivity index is 1.14. The second kappa shape index (κ2) is 19.1. The highest BCUT2D eigenvalue weighted by atomic mass is 35.5. The second-order valence-corrected chi connectivity index (χ2v) is 18.7. The molecule has 4 aliphatic rings. The van der Waals surface area contributed by atoms with E-state index in [1.165, 1.54) is 36.9 Å². The molecule has 0 saturated carbocycles. The summed E-state index contributed by atoms with van der Waals surface area (Å²) in [7, 11) is 3.55. The number of likely N-dealkylation sites (N-methyl/N-ethyl adjacent to an activating group) is 1. The number of thiophene rings is 1. The van der Waals surface area contributed by atoms with E-state index in [-0.39, 0.29) is 55.3 Å². The Labute approximate surface area is 394 Å². The highest BCUT2D eigenvalue weighted by molar-refractivity contribution is 7.22. The van der Waals surface area contributed by atoms with Gasteiger partial charge in [0, 0.05) is 68.5 Å². The summed E-state index contributed by atoms with van der Waals surface area (Å²) in [5.74, 6) is -0.214. The largest absolute Gasteiger partial charge is 0.490 e. The average molecular weight is 963 g/mol. The molecule has 346 valence electrons. The van der Waals surface area contributed by atoms with E-state index in [9.17, 15) is 18.7 Å². The predicted octanol–water partition coefficient (Wildman–Crippen LogP) is 8.09. The van der Waals surface area contributed by atoms with Crippen LogP contribution in [0, 0.1) is 19.7 Å². The zero-order valence-corrected chi connectivity index (χ0v) is 39.0. The first-order valence-corrected chi connectivity index (χ1v) is 23.0. The lowest BCUT2D eigenvalue weighted by Gasteiger charge is -2.43. The minimum atomic E-state index is -1.49. The van der Waals surface area contributed by atoms with Crippen molar-refractivity contribution in [3.63, 3.8) is 0 Å². The van der Waals surface area contributed by atoms with Crippen LogP contribution in [0.2, 0.25) is 10.0 Å². The Morgan fingerprint density at radius 1 is 0.985 bits per heavy atom. The fourth-order valence-electron chi connectivity index (χ4n) is 8.61. The number of carbonyl (C=O) groups is 1. The number of carboxylic acids is 1. The van der Waals surface area contributed by atoms with Gasteiger partial charge < -0.3 is 38.6 Å². The molecule has 0 aliphatic carbocycles. The van der Waals surface area contributed by atoms with Gasteiger partial charge in [-0.25, -0.2) is 33.5 Å². The average Bonchev–Trinajstić information content (AvgIpc) is 3.68. The summed E-state index contributed by atoms with van der Waals surface area (Å²) < 4.78 is 60.4. The van der Waals surface area contributed by atoms with Crippen LogP contribution < -0.4 is 23.8 Å². The number of fused-ring (bicyclic) bond motifs is 7. The van der Waals surface area contributed by atoms with Gasteiger partial charge in [0.2, 0.25) is 17.9 Å². The van der Waals surface area contributed by atoms with Crippen molar-refractivity contribution < 1.29 is 42.4 Å². The Kier molecular flexibility index (Phi) is 13.2. The molecule has 6 aromatic rings. The maximum absolute atomic E-state index is 14.9. The van der Waals surface area contributed by atoms with Crippen molar-refractivity contribution in [2.45, 2.75) is 44.8 Å². The molecule has 66 heavy (non-hydrogen) atoms. The Hall–Kier alpha value is -5.43. The topological polar surface area (TPSA) is 145 Å². The molecule has 2 atom stereocenters. The van der Waals surface area contributed by atoms with Crippen molar-refractivity contribution in [3.05, 3.63) is 99.3 Å². The highest BCUT2D eigenvalue weighted by Crippen LogP contribution is 2.53. The molecular formula is C47H47Cl2F2N7O7S. The maximum atomic E-state index is 14.9. The molecule has 4 bridgehead atoms. The molecule has 10 rings (SSSR count). The van der Waals surface area contributed by atoms with E-state index in [1.807, 2.05) is 13.8 Å². The van der Waals surface area contributed by atoms with Gasteiger partial charge in [0.15, 0.2) is 11.4 Å². The third kappa shape index (κ3) is 9.42. The summed E-state index contributed by atoms with van der Waals surface area (Å²) in [6, 6.07) is 12.9. The van der Waals surface area contributed by atoms with Crippen LogP contribution in [0.25, 0.3) is 31.8 Å². The van der Waals surface area contributed by atoms with E-state index < -0.39 is 29.7 Å². The number of halogens is 4. The Morgan fingerprint density at radius 3 is 2.44 bits per heavy atom. The molecule has 0 unspecified atom stereocenters. The molecule has 4 aliphatic heterocycles. The fraction of sp³-hybridized carbons (Fsp3) is 0.383. The van der Waals surface area contributed by atoms with Gasteiger partial charge in [-0.05, 0) is 79.5 Å².